The molecule has 22 heavy (non-hydrogen) atoms. The fourth-order valence-electron chi connectivity index (χ4n) is 2.28. The number of hydrogen-bond donors (Lipinski definition) is 1. The van der Waals surface area contributed by atoms with Crippen molar-refractivity contribution in [2.24, 2.45) is 0 Å². The molecule has 1 aromatic heterocycles. The van der Waals surface area contributed by atoms with Crippen molar-refractivity contribution in [1.29, 1.82) is 0 Å². The molecule has 4 nitrogen and oxygen atoms in total. The molecule has 0 fully saturated rings. The van der Waals surface area contributed by atoms with Crippen LogP contribution in [-0.2, 0) is 17.4 Å². The summed E-state index contributed by atoms with van der Waals surface area (Å²) in [5.74, 6) is -3.10. The quantitative estimate of drug-likeness (QED) is 0.823. The van der Waals surface area contributed by atoms with Crippen molar-refractivity contribution in [3.63, 3.8) is 0 Å². The number of aromatic nitrogens is 2. The van der Waals surface area contributed by atoms with Crippen LogP contribution in [0.25, 0.3) is 11.4 Å². The molecule has 0 spiro atoms. The normalized spacial score (nSPS) is 14.0. The summed E-state index contributed by atoms with van der Waals surface area (Å²) in [5.41, 5.74) is -2.36. The molecule has 1 N–H and O–H groups in total. The Morgan fingerprint density at radius 3 is 2.36 bits per heavy atom. The van der Waals surface area contributed by atoms with Gasteiger partial charge in [0.15, 0.2) is 11.6 Å². The van der Waals surface area contributed by atoms with Crippen LogP contribution in [0.1, 0.15) is 11.1 Å². The molecule has 114 valence electrons. The van der Waals surface area contributed by atoms with E-state index < -0.39 is 47.1 Å². The number of anilines is 1. The number of carbonyl (C=O) groups excluding carboxylic acids is 1. The molecule has 0 aliphatic carbocycles. The van der Waals surface area contributed by atoms with Gasteiger partial charge < -0.3 is 5.32 Å². The largest absolute Gasteiger partial charge is 0.417 e. The summed E-state index contributed by atoms with van der Waals surface area (Å²) >= 11 is 0. The predicted molar refractivity (Wildman–Crippen MR) is 64.7 cm³/mol. The van der Waals surface area contributed by atoms with E-state index in [1.165, 1.54) is 0 Å². The fourth-order valence-corrected chi connectivity index (χ4v) is 2.28. The topological polar surface area (TPSA) is 54.9 Å². The summed E-state index contributed by atoms with van der Waals surface area (Å²) in [7, 11) is 0. The maximum absolute atomic E-state index is 13.8. The van der Waals surface area contributed by atoms with Crippen LogP contribution in [0, 0.1) is 11.6 Å². The number of fused-ring (bicyclic) bond motifs is 1. The number of nitrogens with zero attached hydrogens (tertiary/aromatic N) is 2. The molecule has 3 rings (SSSR count). The number of benzene rings is 1. The van der Waals surface area contributed by atoms with E-state index in [0.717, 1.165) is 0 Å². The smallest absolute Gasteiger partial charge is 0.323 e. The molecule has 9 heteroatoms. The minimum absolute atomic E-state index is 0.191. The second kappa shape index (κ2) is 4.72. The summed E-state index contributed by atoms with van der Waals surface area (Å²) in [6, 6.07) is 0.270. The minimum Gasteiger partial charge on any atom is -0.323 e. The van der Waals surface area contributed by atoms with Gasteiger partial charge in [-0.3, -0.25) is 4.79 Å². The van der Waals surface area contributed by atoms with Crippen LogP contribution in [0.5, 0.6) is 0 Å². The van der Waals surface area contributed by atoms with E-state index in [2.05, 4.69) is 15.3 Å². The summed E-state index contributed by atoms with van der Waals surface area (Å²) in [5, 5.41) is 2.15. The van der Waals surface area contributed by atoms with Crippen molar-refractivity contribution in [3.05, 3.63) is 41.2 Å². The Balaban J connectivity index is 2.33. The van der Waals surface area contributed by atoms with Gasteiger partial charge in [-0.25, -0.2) is 18.7 Å². The van der Waals surface area contributed by atoms with Crippen molar-refractivity contribution in [1.82, 2.24) is 9.97 Å². The first kappa shape index (κ1) is 14.4. The lowest BCUT2D eigenvalue weighted by atomic mass is 9.97. The molecule has 0 atom stereocenters. The zero-order chi connectivity index (χ0) is 16.1. The second-order valence-electron chi connectivity index (χ2n) is 4.58. The van der Waals surface area contributed by atoms with Crippen LogP contribution in [0.4, 0.5) is 27.6 Å². The van der Waals surface area contributed by atoms with Crippen LogP contribution < -0.4 is 5.32 Å². The van der Waals surface area contributed by atoms with Gasteiger partial charge >= 0.3 is 6.18 Å². The second-order valence-corrected chi connectivity index (χ2v) is 4.58. The summed E-state index contributed by atoms with van der Waals surface area (Å²) in [6.45, 7) is 0. The monoisotopic (exact) mass is 315 g/mol. The Morgan fingerprint density at radius 1 is 1.14 bits per heavy atom. The first-order valence-corrected chi connectivity index (χ1v) is 5.97. The van der Waals surface area contributed by atoms with Crippen molar-refractivity contribution in [2.75, 3.05) is 5.32 Å². The number of carbonyl (C=O) groups is 1. The average Bonchev–Trinajstić information content (AvgIpc) is 2.81. The number of rotatable bonds is 1. The zero-order valence-corrected chi connectivity index (χ0v) is 10.6. The van der Waals surface area contributed by atoms with Crippen LogP contribution in [0.3, 0.4) is 0 Å². The van der Waals surface area contributed by atoms with E-state index >= 15 is 0 Å². The molecule has 1 amide bonds. The van der Waals surface area contributed by atoms with Gasteiger partial charge in [0.25, 0.3) is 0 Å². The molecule has 0 bridgehead atoms. The summed E-state index contributed by atoms with van der Waals surface area (Å²) in [4.78, 5) is 18.4. The number of hydrogen-bond acceptors (Lipinski definition) is 3. The predicted octanol–water partition coefficient (Wildman–Crippen LogP) is 2.94. The number of amides is 1. The van der Waals surface area contributed by atoms with Crippen LogP contribution in [-0.4, -0.2) is 15.9 Å². The van der Waals surface area contributed by atoms with Crippen molar-refractivity contribution in [2.45, 2.75) is 12.6 Å². The molecule has 1 aliphatic heterocycles. The molecule has 0 unspecified atom stereocenters. The first-order chi connectivity index (χ1) is 10.3. The van der Waals surface area contributed by atoms with E-state index in [1.54, 1.807) is 0 Å². The van der Waals surface area contributed by atoms with Gasteiger partial charge in [-0.1, -0.05) is 0 Å². The summed E-state index contributed by atoms with van der Waals surface area (Å²) < 4.78 is 66.1. The highest BCUT2D eigenvalue weighted by molar-refractivity contribution is 6.02. The highest BCUT2D eigenvalue weighted by Crippen LogP contribution is 2.43. The third-order valence-corrected chi connectivity index (χ3v) is 3.13. The standard InChI is InChI=1S/C13H6F5N3O/c14-5-3-19-12(20-4-5)10-6-1-9(22)21-11(6)8(15)2-7(10)13(16,17)18/h2-4H,1H2,(H,21,22). The number of alkyl halides is 3. The number of nitrogens with one attached hydrogen (secondary N) is 1. The maximum atomic E-state index is 13.8. The first-order valence-electron chi connectivity index (χ1n) is 5.97. The number of halogens is 5. The van der Waals surface area contributed by atoms with Crippen molar-refractivity contribution in [3.8, 4) is 11.4 Å². The van der Waals surface area contributed by atoms with Gasteiger partial charge in [0.1, 0.15) is 5.82 Å². The van der Waals surface area contributed by atoms with Gasteiger partial charge in [-0.2, -0.15) is 13.2 Å². The minimum atomic E-state index is -4.88. The van der Waals surface area contributed by atoms with Crippen LogP contribution in [0.15, 0.2) is 18.5 Å². The zero-order valence-electron chi connectivity index (χ0n) is 10.6. The Bertz CT molecular complexity index is 771. The Labute approximate surface area is 120 Å². The van der Waals surface area contributed by atoms with E-state index in [0.29, 0.717) is 12.4 Å². The van der Waals surface area contributed by atoms with Gasteiger partial charge in [0.2, 0.25) is 5.91 Å². The highest BCUT2D eigenvalue weighted by atomic mass is 19.4. The molecule has 2 heterocycles. The molecule has 1 aliphatic rings. The Hall–Kier alpha value is -2.58. The molecule has 2 aromatic rings. The highest BCUT2D eigenvalue weighted by Gasteiger charge is 2.39. The third-order valence-electron chi connectivity index (χ3n) is 3.13. The third kappa shape index (κ3) is 2.28. The lowest BCUT2D eigenvalue weighted by Crippen LogP contribution is -2.11. The van der Waals surface area contributed by atoms with E-state index in [-0.39, 0.29) is 17.3 Å². The Morgan fingerprint density at radius 2 is 1.77 bits per heavy atom. The van der Waals surface area contributed by atoms with Gasteiger partial charge in [0, 0.05) is 5.56 Å². The Kier molecular flexibility index (Phi) is 3.08. The fraction of sp³-hybridized carbons (Fsp3) is 0.154. The van der Waals surface area contributed by atoms with E-state index in [1.807, 2.05) is 0 Å². The molecular weight excluding hydrogens is 309 g/mol. The van der Waals surface area contributed by atoms with Gasteiger partial charge in [0.05, 0.1) is 30.1 Å². The van der Waals surface area contributed by atoms with Crippen molar-refractivity contribution >= 4 is 11.6 Å². The molecule has 0 radical (unpaired) electrons. The molecule has 0 saturated heterocycles. The molecule has 0 saturated carbocycles. The van der Waals surface area contributed by atoms with Gasteiger partial charge in [-0.15, -0.1) is 0 Å². The van der Waals surface area contributed by atoms with Crippen LogP contribution >= 0.6 is 0 Å². The SMILES string of the molecule is O=C1Cc2c(c(F)cc(C(F)(F)F)c2-c2ncc(F)cn2)N1. The van der Waals surface area contributed by atoms with Gasteiger partial charge in [-0.05, 0) is 11.6 Å². The van der Waals surface area contributed by atoms with Crippen molar-refractivity contribution < 1.29 is 26.7 Å². The maximum Gasteiger partial charge on any atom is 0.417 e. The van der Waals surface area contributed by atoms with E-state index in [4.69, 9.17) is 0 Å². The average molecular weight is 315 g/mol. The lowest BCUT2D eigenvalue weighted by molar-refractivity contribution is -0.137. The molecular formula is C13H6F5N3O. The van der Waals surface area contributed by atoms with E-state index in [9.17, 15) is 26.7 Å². The van der Waals surface area contributed by atoms with Crippen LogP contribution in [0.2, 0.25) is 0 Å². The molecule has 1 aromatic carbocycles. The summed E-state index contributed by atoms with van der Waals surface area (Å²) in [6.07, 6.45) is -3.92. The lowest BCUT2D eigenvalue weighted by Gasteiger charge is -2.15.